The lowest BCUT2D eigenvalue weighted by atomic mass is 9.69. The number of nitrogens with zero attached hydrogens (tertiary/aromatic N) is 1. The molecule has 0 spiro atoms. The Labute approximate surface area is 94.2 Å². The summed E-state index contributed by atoms with van der Waals surface area (Å²) in [6.45, 7) is 3.77. The predicted molar refractivity (Wildman–Crippen MR) is 63.8 cm³/mol. The fraction of sp³-hybridized carbons (Fsp3) is 1.00. The molecule has 1 heterocycles. The van der Waals surface area contributed by atoms with Crippen molar-refractivity contribution in [3.05, 3.63) is 0 Å². The lowest BCUT2D eigenvalue weighted by Crippen LogP contribution is -2.33. The van der Waals surface area contributed by atoms with Crippen molar-refractivity contribution in [1.29, 1.82) is 0 Å². The third-order valence-corrected chi connectivity index (χ3v) is 5.60. The van der Waals surface area contributed by atoms with Crippen LogP contribution in [0.1, 0.15) is 45.4 Å². The van der Waals surface area contributed by atoms with Crippen LogP contribution in [-0.4, -0.2) is 24.5 Å². The minimum atomic E-state index is 0.913. The standard InChI is InChI=1S/C14H25N/c1-3-14-13-8-11-6-4-5-10(11)7-12(13)9-15(14)2/h10-14H,3-9H2,1-2H3. The molecule has 3 aliphatic rings. The van der Waals surface area contributed by atoms with Crippen LogP contribution in [0.2, 0.25) is 0 Å². The summed E-state index contributed by atoms with van der Waals surface area (Å²) in [6.07, 6.45) is 9.13. The molecule has 2 aliphatic carbocycles. The van der Waals surface area contributed by atoms with E-state index in [0.717, 1.165) is 29.7 Å². The smallest absolute Gasteiger partial charge is 0.0121 e. The Bertz CT molecular complexity index is 237. The van der Waals surface area contributed by atoms with E-state index in [4.69, 9.17) is 0 Å². The van der Waals surface area contributed by atoms with Gasteiger partial charge in [-0.3, -0.25) is 0 Å². The van der Waals surface area contributed by atoms with E-state index in [1.807, 2.05) is 0 Å². The minimum Gasteiger partial charge on any atom is -0.303 e. The molecule has 0 amide bonds. The molecule has 0 N–H and O–H groups in total. The highest BCUT2D eigenvalue weighted by molar-refractivity contribution is 4.98. The molecule has 0 radical (unpaired) electrons. The first kappa shape index (κ1) is 10.1. The quantitative estimate of drug-likeness (QED) is 0.638. The second-order valence-electron chi connectivity index (χ2n) is 6.26. The average Bonchev–Trinajstić information content (AvgIpc) is 2.76. The summed E-state index contributed by atoms with van der Waals surface area (Å²) < 4.78 is 0. The Morgan fingerprint density at radius 1 is 1.07 bits per heavy atom. The van der Waals surface area contributed by atoms with Gasteiger partial charge in [-0.15, -0.1) is 0 Å². The minimum absolute atomic E-state index is 0.913. The van der Waals surface area contributed by atoms with Crippen molar-refractivity contribution in [2.45, 2.75) is 51.5 Å². The maximum Gasteiger partial charge on any atom is 0.0121 e. The molecular weight excluding hydrogens is 182 g/mol. The van der Waals surface area contributed by atoms with Gasteiger partial charge in [-0.25, -0.2) is 0 Å². The highest BCUT2D eigenvalue weighted by atomic mass is 15.2. The predicted octanol–water partition coefficient (Wildman–Crippen LogP) is 3.15. The molecule has 15 heavy (non-hydrogen) atoms. The Morgan fingerprint density at radius 3 is 2.53 bits per heavy atom. The van der Waals surface area contributed by atoms with Crippen LogP contribution in [0.25, 0.3) is 0 Å². The third kappa shape index (κ3) is 1.54. The summed E-state index contributed by atoms with van der Waals surface area (Å²) in [5.41, 5.74) is 0. The molecule has 5 atom stereocenters. The summed E-state index contributed by atoms with van der Waals surface area (Å²) >= 11 is 0. The number of rotatable bonds is 1. The Hall–Kier alpha value is -0.0400. The topological polar surface area (TPSA) is 3.24 Å². The van der Waals surface area contributed by atoms with Gasteiger partial charge in [0.15, 0.2) is 0 Å². The summed E-state index contributed by atoms with van der Waals surface area (Å²) in [7, 11) is 2.35. The Balaban J connectivity index is 1.75. The molecule has 1 nitrogen and oxygen atoms in total. The van der Waals surface area contributed by atoms with Crippen molar-refractivity contribution in [3.8, 4) is 0 Å². The van der Waals surface area contributed by atoms with E-state index in [1.165, 1.54) is 19.4 Å². The molecule has 1 saturated heterocycles. The van der Waals surface area contributed by atoms with E-state index in [-0.39, 0.29) is 0 Å². The largest absolute Gasteiger partial charge is 0.303 e. The molecule has 3 fully saturated rings. The van der Waals surface area contributed by atoms with Crippen molar-refractivity contribution >= 4 is 0 Å². The van der Waals surface area contributed by atoms with Gasteiger partial charge >= 0.3 is 0 Å². The maximum absolute atomic E-state index is 2.65. The van der Waals surface area contributed by atoms with Gasteiger partial charge in [-0.1, -0.05) is 26.2 Å². The van der Waals surface area contributed by atoms with Crippen LogP contribution in [0, 0.1) is 23.7 Å². The molecule has 5 unspecified atom stereocenters. The maximum atomic E-state index is 2.65. The van der Waals surface area contributed by atoms with E-state index in [2.05, 4.69) is 18.9 Å². The van der Waals surface area contributed by atoms with E-state index in [1.54, 1.807) is 25.7 Å². The molecule has 3 rings (SSSR count). The summed E-state index contributed by atoms with van der Waals surface area (Å²) in [6, 6.07) is 0.913. The molecule has 0 aromatic carbocycles. The number of fused-ring (bicyclic) bond motifs is 2. The van der Waals surface area contributed by atoms with Gasteiger partial charge in [0.25, 0.3) is 0 Å². The second kappa shape index (κ2) is 3.76. The van der Waals surface area contributed by atoms with Crippen LogP contribution < -0.4 is 0 Å². The van der Waals surface area contributed by atoms with Gasteiger partial charge in [-0.05, 0) is 50.0 Å². The van der Waals surface area contributed by atoms with Crippen LogP contribution >= 0.6 is 0 Å². The fourth-order valence-electron chi connectivity index (χ4n) is 4.97. The van der Waals surface area contributed by atoms with E-state index in [9.17, 15) is 0 Å². The highest BCUT2D eigenvalue weighted by Gasteiger charge is 2.46. The van der Waals surface area contributed by atoms with Crippen molar-refractivity contribution < 1.29 is 0 Å². The zero-order chi connectivity index (χ0) is 10.4. The van der Waals surface area contributed by atoms with Crippen LogP contribution in [0.4, 0.5) is 0 Å². The molecular formula is C14H25N. The number of hydrogen-bond acceptors (Lipinski definition) is 1. The van der Waals surface area contributed by atoms with Crippen LogP contribution in [-0.2, 0) is 0 Å². The Morgan fingerprint density at radius 2 is 1.80 bits per heavy atom. The van der Waals surface area contributed by atoms with Gasteiger partial charge in [0.05, 0.1) is 0 Å². The summed E-state index contributed by atoms with van der Waals surface area (Å²) in [5.74, 6) is 4.35. The van der Waals surface area contributed by atoms with Crippen molar-refractivity contribution in [2.75, 3.05) is 13.6 Å². The molecule has 86 valence electrons. The van der Waals surface area contributed by atoms with Crippen LogP contribution in [0.15, 0.2) is 0 Å². The van der Waals surface area contributed by atoms with E-state index < -0.39 is 0 Å². The normalized spacial score (nSPS) is 50.4. The lowest BCUT2D eigenvalue weighted by molar-refractivity contribution is 0.145. The molecule has 1 heteroatoms. The van der Waals surface area contributed by atoms with Gasteiger partial charge < -0.3 is 4.90 Å². The molecule has 0 bridgehead atoms. The second-order valence-corrected chi connectivity index (χ2v) is 6.26. The van der Waals surface area contributed by atoms with Gasteiger partial charge in [0.2, 0.25) is 0 Å². The first-order chi connectivity index (χ1) is 7.29. The lowest BCUT2D eigenvalue weighted by Gasteiger charge is -2.36. The highest BCUT2D eigenvalue weighted by Crippen LogP contribution is 2.51. The molecule has 0 aromatic rings. The first-order valence-electron chi connectivity index (χ1n) is 6.99. The average molecular weight is 207 g/mol. The number of hydrogen-bond donors (Lipinski definition) is 0. The summed E-state index contributed by atoms with van der Waals surface area (Å²) in [4.78, 5) is 2.65. The third-order valence-electron chi connectivity index (χ3n) is 5.60. The van der Waals surface area contributed by atoms with Gasteiger partial charge in [-0.2, -0.15) is 0 Å². The molecule has 2 saturated carbocycles. The Kier molecular flexibility index (Phi) is 2.54. The van der Waals surface area contributed by atoms with E-state index in [0.29, 0.717) is 0 Å². The fourth-order valence-corrected chi connectivity index (χ4v) is 4.97. The summed E-state index contributed by atoms with van der Waals surface area (Å²) in [5, 5.41) is 0. The van der Waals surface area contributed by atoms with Crippen LogP contribution in [0.3, 0.4) is 0 Å². The zero-order valence-corrected chi connectivity index (χ0v) is 10.3. The van der Waals surface area contributed by atoms with Crippen molar-refractivity contribution in [2.24, 2.45) is 23.7 Å². The SMILES string of the molecule is CCC1C2CC3CCCC3CC2CN1C. The van der Waals surface area contributed by atoms with Crippen molar-refractivity contribution in [3.63, 3.8) is 0 Å². The number of likely N-dealkylation sites (tertiary alicyclic amines) is 1. The zero-order valence-electron chi connectivity index (χ0n) is 10.3. The monoisotopic (exact) mass is 207 g/mol. The first-order valence-corrected chi connectivity index (χ1v) is 6.99. The van der Waals surface area contributed by atoms with Crippen LogP contribution in [0.5, 0.6) is 0 Å². The van der Waals surface area contributed by atoms with E-state index >= 15 is 0 Å². The van der Waals surface area contributed by atoms with Gasteiger partial charge in [0.1, 0.15) is 0 Å². The molecule has 1 aliphatic heterocycles. The van der Waals surface area contributed by atoms with Crippen molar-refractivity contribution in [1.82, 2.24) is 4.90 Å². The van der Waals surface area contributed by atoms with Gasteiger partial charge in [0, 0.05) is 12.6 Å². The molecule has 0 aromatic heterocycles.